The zero-order chi connectivity index (χ0) is 17.4. The van der Waals surface area contributed by atoms with Crippen LogP contribution in [-0.4, -0.2) is 62.5 Å². The molecular weight excluding hydrogens is 322 g/mol. The molecule has 2 aliphatic heterocycles. The summed E-state index contributed by atoms with van der Waals surface area (Å²) in [5.41, 5.74) is 2.07. The van der Waals surface area contributed by atoms with Gasteiger partial charge in [-0.15, -0.1) is 0 Å². The predicted octanol–water partition coefficient (Wildman–Crippen LogP) is 1.30. The first-order chi connectivity index (χ1) is 12.2. The molecule has 1 aromatic heterocycles. The molecular formula is C18H23N3O4. The van der Waals surface area contributed by atoms with Crippen LogP contribution in [0.1, 0.15) is 42.3 Å². The Morgan fingerprint density at radius 2 is 2.08 bits per heavy atom. The molecule has 3 heterocycles. The van der Waals surface area contributed by atoms with Crippen LogP contribution in [0.5, 0.6) is 0 Å². The molecule has 2 N–H and O–H groups in total. The molecule has 3 atom stereocenters. The van der Waals surface area contributed by atoms with Crippen molar-refractivity contribution >= 4 is 16.9 Å². The fourth-order valence-corrected chi connectivity index (χ4v) is 3.78. The summed E-state index contributed by atoms with van der Waals surface area (Å²) in [6.07, 6.45) is 3.63. The lowest BCUT2D eigenvalue weighted by Crippen LogP contribution is -2.35. The average Bonchev–Trinajstić information content (AvgIpc) is 3.24. The molecule has 0 bridgehead atoms. The standard InChI is InChI=1S/C18H23N3O4/c22-10-15-14(23)9-16(25-15)21-11-19-17-12(5-4-6-13(17)21)18(24)20-7-2-1-3-8-20/h4-6,11,14-16,22-23H,1-3,7-10H2. The number of para-hydroxylation sites is 1. The van der Waals surface area contributed by atoms with Gasteiger partial charge in [-0.2, -0.15) is 0 Å². The number of nitrogens with zero attached hydrogens (tertiary/aromatic N) is 3. The molecule has 2 aromatic rings. The van der Waals surface area contributed by atoms with E-state index in [0.29, 0.717) is 17.5 Å². The number of amides is 1. The molecule has 0 radical (unpaired) electrons. The van der Waals surface area contributed by atoms with Crippen LogP contribution in [0.15, 0.2) is 24.5 Å². The van der Waals surface area contributed by atoms with E-state index in [1.807, 2.05) is 27.7 Å². The molecule has 0 aliphatic carbocycles. The Morgan fingerprint density at radius 3 is 2.80 bits per heavy atom. The molecule has 1 aromatic carbocycles. The first-order valence-corrected chi connectivity index (χ1v) is 8.88. The van der Waals surface area contributed by atoms with Crippen LogP contribution >= 0.6 is 0 Å². The highest BCUT2D eigenvalue weighted by atomic mass is 16.5. The fourth-order valence-electron chi connectivity index (χ4n) is 3.78. The van der Waals surface area contributed by atoms with Gasteiger partial charge in [0.2, 0.25) is 0 Å². The van der Waals surface area contributed by atoms with Crippen molar-refractivity contribution < 1.29 is 19.7 Å². The van der Waals surface area contributed by atoms with Crippen molar-refractivity contribution in [2.24, 2.45) is 0 Å². The number of benzene rings is 1. The van der Waals surface area contributed by atoms with E-state index in [4.69, 9.17) is 4.74 Å². The number of likely N-dealkylation sites (tertiary alicyclic amines) is 1. The predicted molar refractivity (Wildman–Crippen MR) is 91.1 cm³/mol. The van der Waals surface area contributed by atoms with Gasteiger partial charge >= 0.3 is 0 Å². The molecule has 134 valence electrons. The van der Waals surface area contributed by atoms with Crippen molar-refractivity contribution in [3.8, 4) is 0 Å². The number of fused-ring (bicyclic) bond motifs is 1. The number of piperidine rings is 1. The van der Waals surface area contributed by atoms with E-state index in [-0.39, 0.29) is 12.5 Å². The van der Waals surface area contributed by atoms with Gasteiger partial charge < -0.3 is 24.4 Å². The van der Waals surface area contributed by atoms with Crippen molar-refractivity contribution in [2.75, 3.05) is 19.7 Å². The number of ether oxygens (including phenoxy) is 1. The van der Waals surface area contributed by atoms with Gasteiger partial charge in [0.05, 0.1) is 30.1 Å². The van der Waals surface area contributed by atoms with Gasteiger partial charge in [0.1, 0.15) is 17.8 Å². The molecule has 25 heavy (non-hydrogen) atoms. The van der Waals surface area contributed by atoms with Crippen molar-refractivity contribution in [3.63, 3.8) is 0 Å². The van der Waals surface area contributed by atoms with Crippen LogP contribution < -0.4 is 0 Å². The maximum Gasteiger partial charge on any atom is 0.256 e. The summed E-state index contributed by atoms with van der Waals surface area (Å²) in [5.74, 6) is 0.0242. The number of aliphatic hydroxyl groups excluding tert-OH is 2. The van der Waals surface area contributed by atoms with E-state index in [0.717, 1.165) is 31.4 Å². The van der Waals surface area contributed by atoms with Gasteiger partial charge in [0.25, 0.3) is 5.91 Å². The van der Waals surface area contributed by atoms with E-state index in [1.54, 1.807) is 6.33 Å². The average molecular weight is 345 g/mol. The van der Waals surface area contributed by atoms with Crippen LogP contribution in [0.4, 0.5) is 0 Å². The molecule has 2 saturated heterocycles. The van der Waals surface area contributed by atoms with Crippen LogP contribution in [0.2, 0.25) is 0 Å². The minimum absolute atomic E-state index is 0.0242. The Morgan fingerprint density at radius 1 is 1.28 bits per heavy atom. The third-order valence-electron chi connectivity index (χ3n) is 5.17. The van der Waals surface area contributed by atoms with Gasteiger partial charge in [-0.1, -0.05) is 6.07 Å². The lowest BCUT2D eigenvalue weighted by molar-refractivity contribution is -0.0430. The Balaban J connectivity index is 1.65. The molecule has 1 amide bonds. The highest BCUT2D eigenvalue weighted by Gasteiger charge is 2.35. The van der Waals surface area contributed by atoms with E-state index in [9.17, 15) is 15.0 Å². The summed E-state index contributed by atoms with van der Waals surface area (Å²) in [7, 11) is 0. The first-order valence-electron chi connectivity index (χ1n) is 8.88. The van der Waals surface area contributed by atoms with Crippen molar-refractivity contribution in [2.45, 2.75) is 44.1 Å². The van der Waals surface area contributed by atoms with Crippen LogP contribution in [0.3, 0.4) is 0 Å². The van der Waals surface area contributed by atoms with Crippen LogP contribution in [-0.2, 0) is 4.74 Å². The second kappa shape index (κ2) is 6.74. The van der Waals surface area contributed by atoms with Crippen LogP contribution in [0.25, 0.3) is 11.0 Å². The smallest absolute Gasteiger partial charge is 0.256 e. The molecule has 2 aliphatic rings. The topological polar surface area (TPSA) is 87.8 Å². The Hall–Kier alpha value is -1.96. The molecule has 2 fully saturated rings. The van der Waals surface area contributed by atoms with Gasteiger partial charge in [-0.05, 0) is 31.4 Å². The zero-order valence-corrected chi connectivity index (χ0v) is 14.0. The van der Waals surface area contributed by atoms with Gasteiger partial charge in [-0.25, -0.2) is 4.98 Å². The highest BCUT2D eigenvalue weighted by molar-refractivity contribution is 6.04. The molecule has 7 nitrogen and oxygen atoms in total. The molecule has 7 heteroatoms. The Bertz CT molecular complexity index is 769. The fraction of sp³-hybridized carbons (Fsp3) is 0.556. The number of hydrogen-bond acceptors (Lipinski definition) is 5. The molecule has 4 rings (SSSR count). The number of aliphatic hydroxyl groups is 2. The number of rotatable bonds is 3. The van der Waals surface area contributed by atoms with Gasteiger partial charge in [0, 0.05) is 19.5 Å². The molecule has 0 saturated carbocycles. The summed E-state index contributed by atoms with van der Waals surface area (Å²) in [4.78, 5) is 19.2. The normalized spacial score (nSPS) is 27.1. The molecule has 0 spiro atoms. The summed E-state index contributed by atoms with van der Waals surface area (Å²) in [5, 5.41) is 19.2. The highest BCUT2D eigenvalue weighted by Crippen LogP contribution is 2.32. The SMILES string of the molecule is O=C(c1cccc2c1ncn2C1CC(O)C(CO)O1)N1CCCCC1. The van der Waals surface area contributed by atoms with E-state index < -0.39 is 18.4 Å². The maximum absolute atomic E-state index is 12.9. The van der Waals surface area contributed by atoms with Crippen molar-refractivity contribution in [1.82, 2.24) is 14.5 Å². The monoisotopic (exact) mass is 345 g/mol. The summed E-state index contributed by atoms with van der Waals surface area (Å²) in [6, 6.07) is 5.57. The largest absolute Gasteiger partial charge is 0.394 e. The quantitative estimate of drug-likeness (QED) is 0.876. The summed E-state index contributed by atoms with van der Waals surface area (Å²) < 4.78 is 7.55. The Labute approximate surface area is 145 Å². The number of imidazole rings is 1. The number of carbonyl (C=O) groups is 1. The number of hydrogen-bond donors (Lipinski definition) is 2. The minimum Gasteiger partial charge on any atom is -0.394 e. The second-order valence-corrected chi connectivity index (χ2v) is 6.79. The lowest BCUT2D eigenvalue weighted by Gasteiger charge is -2.26. The zero-order valence-electron chi connectivity index (χ0n) is 14.0. The lowest BCUT2D eigenvalue weighted by atomic mass is 10.1. The maximum atomic E-state index is 12.9. The minimum atomic E-state index is -0.703. The molecule has 3 unspecified atom stereocenters. The van der Waals surface area contributed by atoms with Crippen molar-refractivity contribution in [3.05, 3.63) is 30.1 Å². The third-order valence-corrected chi connectivity index (χ3v) is 5.17. The van der Waals surface area contributed by atoms with E-state index in [2.05, 4.69) is 4.98 Å². The van der Waals surface area contributed by atoms with Crippen LogP contribution in [0, 0.1) is 0 Å². The number of aromatic nitrogens is 2. The van der Waals surface area contributed by atoms with Crippen molar-refractivity contribution in [1.29, 1.82) is 0 Å². The van der Waals surface area contributed by atoms with E-state index >= 15 is 0 Å². The van der Waals surface area contributed by atoms with Gasteiger partial charge in [-0.3, -0.25) is 4.79 Å². The third kappa shape index (κ3) is 2.92. The first kappa shape index (κ1) is 16.5. The van der Waals surface area contributed by atoms with Gasteiger partial charge in [0.15, 0.2) is 0 Å². The Kier molecular flexibility index (Phi) is 4.45. The second-order valence-electron chi connectivity index (χ2n) is 6.79. The summed E-state index contributed by atoms with van der Waals surface area (Å²) in [6.45, 7) is 1.38. The summed E-state index contributed by atoms with van der Waals surface area (Å²) >= 11 is 0. The number of carbonyl (C=O) groups excluding carboxylic acids is 1. The van der Waals surface area contributed by atoms with E-state index in [1.165, 1.54) is 6.42 Å².